The summed E-state index contributed by atoms with van der Waals surface area (Å²) in [6.45, 7) is 3.45. The number of halogens is 1. The fourth-order valence-electron chi connectivity index (χ4n) is 1.73. The molecule has 2 aromatic rings. The van der Waals surface area contributed by atoms with Crippen LogP contribution in [0.25, 0.3) is 0 Å². The average molecular weight is 365 g/mol. The van der Waals surface area contributed by atoms with E-state index in [2.05, 4.69) is 15.9 Å². The Morgan fingerprint density at radius 1 is 1.00 bits per heavy atom. The fourth-order valence-corrected chi connectivity index (χ4v) is 1.99. The van der Waals surface area contributed by atoms with Crippen molar-refractivity contribution in [3.8, 4) is 17.2 Å². The van der Waals surface area contributed by atoms with Gasteiger partial charge in [-0.1, -0.05) is 15.9 Å². The molecule has 0 amide bonds. The van der Waals surface area contributed by atoms with E-state index in [0.717, 1.165) is 16.0 Å². The maximum Gasteiger partial charge on any atom is 0.302 e. The first-order chi connectivity index (χ1) is 10.5. The van der Waals surface area contributed by atoms with Gasteiger partial charge in [-0.05, 0) is 55.5 Å². The highest BCUT2D eigenvalue weighted by Crippen LogP contribution is 2.25. The molecule has 0 spiro atoms. The zero-order valence-corrected chi connectivity index (χ0v) is 14.0. The van der Waals surface area contributed by atoms with Gasteiger partial charge in [0.05, 0.1) is 0 Å². The topological polar surface area (TPSA) is 44.8 Å². The third-order valence-electron chi connectivity index (χ3n) is 2.73. The number of benzene rings is 2. The maximum absolute atomic E-state index is 10.7. The Balaban J connectivity index is 1.89. The SMILES string of the molecule is CC(=O)OCC(C)Oc1ccc(Oc2ccc(Br)cc2)cc1. The molecule has 0 saturated carbocycles. The van der Waals surface area contributed by atoms with E-state index in [0.29, 0.717) is 5.75 Å². The van der Waals surface area contributed by atoms with Gasteiger partial charge in [-0.15, -0.1) is 0 Å². The second-order valence-corrected chi connectivity index (χ2v) is 5.67. The van der Waals surface area contributed by atoms with Gasteiger partial charge in [0.2, 0.25) is 0 Å². The molecule has 0 aromatic heterocycles. The molecule has 4 nitrogen and oxygen atoms in total. The first-order valence-corrected chi connectivity index (χ1v) is 7.66. The van der Waals surface area contributed by atoms with Crippen LogP contribution in [0, 0.1) is 0 Å². The molecule has 0 aliphatic carbocycles. The van der Waals surface area contributed by atoms with Crippen LogP contribution in [0.4, 0.5) is 0 Å². The Hall–Kier alpha value is -2.01. The van der Waals surface area contributed by atoms with E-state index >= 15 is 0 Å². The van der Waals surface area contributed by atoms with Gasteiger partial charge in [-0.3, -0.25) is 4.79 Å². The molecule has 116 valence electrons. The predicted octanol–water partition coefficient (Wildman–Crippen LogP) is 4.57. The number of rotatable bonds is 6. The van der Waals surface area contributed by atoms with Crippen molar-refractivity contribution < 1.29 is 19.0 Å². The first kappa shape index (κ1) is 16.4. The molecule has 0 heterocycles. The Morgan fingerprint density at radius 3 is 2.05 bits per heavy atom. The van der Waals surface area contributed by atoms with Crippen molar-refractivity contribution >= 4 is 21.9 Å². The summed E-state index contributed by atoms with van der Waals surface area (Å²) in [5, 5.41) is 0. The van der Waals surface area contributed by atoms with Crippen LogP contribution in [0.5, 0.6) is 17.2 Å². The van der Waals surface area contributed by atoms with Crippen molar-refractivity contribution in [3.63, 3.8) is 0 Å². The molecule has 0 N–H and O–H groups in total. The lowest BCUT2D eigenvalue weighted by molar-refractivity contribution is -0.143. The second-order valence-electron chi connectivity index (χ2n) is 4.76. The lowest BCUT2D eigenvalue weighted by Crippen LogP contribution is -2.20. The molecular formula is C17H17BrO4. The van der Waals surface area contributed by atoms with E-state index in [4.69, 9.17) is 14.2 Å². The van der Waals surface area contributed by atoms with Crippen molar-refractivity contribution in [2.75, 3.05) is 6.61 Å². The van der Waals surface area contributed by atoms with Crippen LogP contribution in [-0.2, 0) is 9.53 Å². The molecule has 1 atom stereocenters. The van der Waals surface area contributed by atoms with Crippen LogP contribution in [-0.4, -0.2) is 18.7 Å². The molecule has 2 aromatic carbocycles. The minimum Gasteiger partial charge on any atom is -0.487 e. The van der Waals surface area contributed by atoms with E-state index in [1.165, 1.54) is 6.92 Å². The molecule has 0 saturated heterocycles. The van der Waals surface area contributed by atoms with Crippen LogP contribution in [0.2, 0.25) is 0 Å². The Labute approximate surface area is 138 Å². The molecular weight excluding hydrogens is 348 g/mol. The number of carbonyl (C=O) groups excluding carboxylic acids is 1. The molecule has 1 unspecified atom stereocenters. The minimum absolute atomic E-state index is 0.206. The standard InChI is InChI=1S/C17H17BrO4/c1-12(11-20-13(2)19)21-15-7-9-17(10-8-15)22-16-5-3-14(18)4-6-16/h3-10,12H,11H2,1-2H3. The highest BCUT2D eigenvalue weighted by Gasteiger charge is 2.06. The Bertz CT molecular complexity index is 608. The number of hydrogen-bond acceptors (Lipinski definition) is 4. The van der Waals surface area contributed by atoms with Gasteiger partial charge < -0.3 is 14.2 Å². The maximum atomic E-state index is 10.7. The van der Waals surface area contributed by atoms with Crippen molar-refractivity contribution in [1.29, 1.82) is 0 Å². The van der Waals surface area contributed by atoms with Crippen LogP contribution in [0.15, 0.2) is 53.0 Å². The first-order valence-electron chi connectivity index (χ1n) is 6.86. The Morgan fingerprint density at radius 2 is 1.50 bits per heavy atom. The average Bonchev–Trinajstić information content (AvgIpc) is 2.49. The van der Waals surface area contributed by atoms with E-state index in [1.54, 1.807) is 0 Å². The van der Waals surface area contributed by atoms with Gasteiger partial charge in [0.25, 0.3) is 0 Å². The summed E-state index contributed by atoms with van der Waals surface area (Å²) in [6.07, 6.45) is -0.206. The van der Waals surface area contributed by atoms with Crippen LogP contribution in [0.1, 0.15) is 13.8 Å². The predicted molar refractivity (Wildman–Crippen MR) is 87.4 cm³/mol. The second kappa shape index (κ2) is 7.84. The van der Waals surface area contributed by atoms with Gasteiger partial charge in [0.15, 0.2) is 0 Å². The van der Waals surface area contributed by atoms with Crippen molar-refractivity contribution in [1.82, 2.24) is 0 Å². The molecule has 22 heavy (non-hydrogen) atoms. The van der Waals surface area contributed by atoms with Crippen LogP contribution in [0.3, 0.4) is 0 Å². The normalized spacial score (nSPS) is 11.6. The van der Waals surface area contributed by atoms with Crippen molar-refractivity contribution in [2.45, 2.75) is 20.0 Å². The lowest BCUT2D eigenvalue weighted by atomic mass is 10.3. The largest absolute Gasteiger partial charge is 0.487 e. The summed E-state index contributed by atoms with van der Waals surface area (Å²) in [7, 11) is 0. The van der Waals surface area contributed by atoms with Gasteiger partial charge in [0.1, 0.15) is 30.0 Å². The highest BCUT2D eigenvalue weighted by atomic mass is 79.9. The summed E-state index contributed by atoms with van der Waals surface area (Å²) < 4.78 is 17.3. The number of carbonyl (C=O) groups is 1. The van der Waals surface area contributed by atoms with E-state index < -0.39 is 0 Å². The van der Waals surface area contributed by atoms with Crippen molar-refractivity contribution in [3.05, 3.63) is 53.0 Å². The van der Waals surface area contributed by atoms with Crippen LogP contribution >= 0.6 is 15.9 Å². The summed E-state index contributed by atoms with van der Waals surface area (Å²) in [5.41, 5.74) is 0. The van der Waals surface area contributed by atoms with E-state index in [-0.39, 0.29) is 18.7 Å². The van der Waals surface area contributed by atoms with Gasteiger partial charge in [-0.25, -0.2) is 0 Å². The zero-order chi connectivity index (χ0) is 15.9. The van der Waals surface area contributed by atoms with Crippen LogP contribution < -0.4 is 9.47 Å². The summed E-state index contributed by atoms with van der Waals surface area (Å²) in [4.78, 5) is 10.7. The van der Waals surface area contributed by atoms with Gasteiger partial charge in [0, 0.05) is 11.4 Å². The Kier molecular flexibility index (Phi) is 5.83. The third-order valence-corrected chi connectivity index (χ3v) is 3.26. The van der Waals surface area contributed by atoms with Crippen molar-refractivity contribution in [2.24, 2.45) is 0 Å². The van der Waals surface area contributed by atoms with Gasteiger partial charge >= 0.3 is 5.97 Å². The smallest absolute Gasteiger partial charge is 0.302 e. The van der Waals surface area contributed by atoms with Gasteiger partial charge in [-0.2, -0.15) is 0 Å². The molecule has 0 fully saturated rings. The quantitative estimate of drug-likeness (QED) is 0.704. The molecule has 2 rings (SSSR count). The molecule has 0 aliphatic heterocycles. The molecule has 5 heteroatoms. The molecule has 0 aliphatic rings. The zero-order valence-electron chi connectivity index (χ0n) is 12.4. The number of hydrogen-bond donors (Lipinski definition) is 0. The fraction of sp³-hybridized carbons (Fsp3) is 0.235. The summed E-state index contributed by atoms with van der Waals surface area (Å²) >= 11 is 3.38. The lowest BCUT2D eigenvalue weighted by Gasteiger charge is -2.14. The minimum atomic E-state index is -0.311. The summed E-state index contributed by atoms with van der Waals surface area (Å²) in [6, 6.07) is 14.9. The van der Waals surface area contributed by atoms with E-state index in [1.807, 2.05) is 55.5 Å². The number of ether oxygens (including phenoxy) is 3. The third kappa shape index (κ3) is 5.41. The molecule has 0 radical (unpaired) electrons. The highest BCUT2D eigenvalue weighted by molar-refractivity contribution is 9.10. The molecule has 0 bridgehead atoms. The number of esters is 1. The monoisotopic (exact) mass is 364 g/mol. The van der Waals surface area contributed by atoms with E-state index in [9.17, 15) is 4.79 Å². The summed E-state index contributed by atoms with van der Waals surface area (Å²) in [5.74, 6) is 1.87.